The number of rotatable bonds is 4. The first kappa shape index (κ1) is 22.7. The molecule has 0 amide bonds. The molecule has 7 heteroatoms. The standard InChI is InChI=1S/C24H21F3NO2.ClH/c1-14-10-15-11-22(29-2)23(30-3)13-18(15)24(17-6-4-5-7-19(17)25)28(14)16-8-9-20(26)21(27)12-16;/h4-9,11-14H,10H2,1-3H3;1H/q+1;/p-1. The van der Waals surface area contributed by atoms with Gasteiger partial charge < -0.3 is 21.9 Å². The third-order valence-corrected chi connectivity index (χ3v) is 5.37. The normalized spacial score (nSPS) is 15.2. The summed E-state index contributed by atoms with van der Waals surface area (Å²) < 4.78 is 55.3. The average Bonchev–Trinajstić information content (AvgIpc) is 2.74. The summed E-state index contributed by atoms with van der Waals surface area (Å²) >= 11 is 0. The lowest BCUT2D eigenvalue weighted by Crippen LogP contribution is -3.00. The van der Waals surface area contributed by atoms with Crippen LogP contribution in [-0.2, 0) is 6.42 Å². The summed E-state index contributed by atoms with van der Waals surface area (Å²) in [4.78, 5) is 0. The van der Waals surface area contributed by atoms with E-state index in [2.05, 4.69) is 0 Å². The van der Waals surface area contributed by atoms with Crippen molar-refractivity contribution in [2.75, 3.05) is 14.2 Å². The van der Waals surface area contributed by atoms with Gasteiger partial charge in [0, 0.05) is 18.6 Å². The minimum absolute atomic E-state index is 0. The van der Waals surface area contributed by atoms with Gasteiger partial charge in [-0.25, -0.2) is 13.2 Å². The van der Waals surface area contributed by atoms with Gasteiger partial charge in [0.15, 0.2) is 29.2 Å². The van der Waals surface area contributed by atoms with E-state index < -0.39 is 17.5 Å². The van der Waals surface area contributed by atoms with E-state index >= 15 is 0 Å². The van der Waals surface area contributed by atoms with Crippen molar-refractivity contribution in [3.8, 4) is 11.5 Å². The maximum atomic E-state index is 14.9. The maximum absolute atomic E-state index is 14.9. The molecule has 0 N–H and O–H groups in total. The zero-order valence-electron chi connectivity index (χ0n) is 17.3. The third kappa shape index (κ3) is 4.00. The van der Waals surface area contributed by atoms with Crippen LogP contribution in [0.2, 0.25) is 0 Å². The van der Waals surface area contributed by atoms with E-state index in [1.54, 1.807) is 31.4 Å². The predicted octanol–water partition coefficient (Wildman–Crippen LogP) is 2.25. The molecule has 3 nitrogen and oxygen atoms in total. The van der Waals surface area contributed by atoms with E-state index in [1.807, 2.05) is 17.6 Å². The van der Waals surface area contributed by atoms with Gasteiger partial charge in [-0.3, -0.25) is 0 Å². The number of fused-ring (bicyclic) bond motifs is 1. The van der Waals surface area contributed by atoms with Crippen molar-refractivity contribution in [2.24, 2.45) is 0 Å². The molecule has 162 valence electrons. The van der Waals surface area contributed by atoms with Gasteiger partial charge in [-0.15, -0.1) is 0 Å². The third-order valence-electron chi connectivity index (χ3n) is 5.37. The zero-order chi connectivity index (χ0) is 21.4. The van der Waals surface area contributed by atoms with Crippen LogP contribution in [0.4, 0.5) is 18.9 Å². The molecule has 0 bridgehead atoms. The monoisotopic (exact) mass is 447 g/mol. The van der Waals surface area contributed by atoms with Gasteiger partial charge >= 0.3 is 0 Å². The highest BCUT2D eigenvalue weighted by atomic mass is 35.5. The van der Waals surface area contributed by atoms with E-state index in [4.69, 9.17) is 9.47 Å². The molecule has 0 aliphatic carbocycles. The van der Waals surface area contributed by atoms with Crippen LogP contribution in [0.25, 0.3) is 0 Å². The summed E-state index contributed by atoms with van der Waals surface area (Å²) in [5.41, 5.74) is 3.08. The molecular formula is C24H21ClF3NO2. The van der Waals surface area contributed by atoms with Gasteiger partial charge in [-0.2, -0.15) is 4.58 Å². The molecule has 0 aromatic heterocycles. The van der Waals surface area contributed by atoms with Gasteiger partial charge in [0.05, 0.1) is 25.3 Å². The Bertz CT molecular complexity index is 1160. The number of nitrogens with zero attached hydrogens (tertiary/aromatic N) is 1. The lowest BCUT2D eigenvalue weighted by molar-refractivity contribution is -0.481. The number of benzene rings is 3. The fourth-order valence-corrected chi connectivity index (χ4v) is 4.02. The Morgan fingerprint density at radius 3 is 2.13 bits per heavy atom. The van der Waals surface area contributed by atoms with Crippen LogP contribution >= 0.6 is 0 Å². The first-order chi connectivity index (χ1) is 14.4. The van der Waals surface area contributed by atoms with Crippen LogP contribution in [0.1, 0.15) is 23.6 Å². The van der Waals surface area contributed by atoms with Gasteiger partial charge in [-0.1, -0.05) is 12.1 Å². The minimum Gasteiger partial charge on any atom is -1.00 e. The van der Waals surface area contributed by atoms with Crippen LogP contribution in [0.15, 0.2) is 54.6 Å². The molecule has 1 unspecified atom stereocenters. The van der Waals surface area contributed by atoms with E-state index in [1.165, 1.54) is 19.2 Å². The number of methoxy groups -OCH3 is 2. The Kier molecular flexibility index (Phi) is 6.60. The van der Waals surface area contributed by atoms with Crippen LogP contribution in [-0.4, -0.2) is 30.5 Å². The van der Waals surface area contributed by atoms with Gasteiger partial charge in [0.2, 0.25) is 11.4 Å². The van der Waals surface area contributed by atoms with Crippen molar-refractivity contribution >= 4 is 11.4 Å². The van der Waals surface area contributed by atoms with Gasteiger partial charge in [0.1, 0.15) is 5.82 Å². The first-order valence-electron chi connectivity index (χ1n) is 9.56. The average molecular weight is 448 g/mol. The molecule has 0 saturated carbocycles. The van der Waals surface area contributed by atoms with Gasteiger partial charge in [0.25, 0.3) is 0 Å². The topological polar surface area (TPSA) is 21.5 Å². The molecule has 3 aromatic rings. The van der Waals surface area contributed by atoms with Crippen LogP contribution in [0, 0.1) is 17.5 Å². The second kappa shape index (κ2) is 9.02. The smallest absolute Gasteiger partial charge is 0.223 e. The molecule has 0 spiro atoms. The molecule has 1 heterocycles. The molecule has 31 heavy (non-hydrogen) atoms. The lowest BCUT2D eigenvalue weighted by atomic mass is 9.88. The highest BCUT2D eigenvalue weighted by Crippen LogP contribution is 2.37. The Labute approximate surface area is 185 Å². The van der Waals surface area contributed by atoms with Crippen LogP contribution in [0.5, 0.6) is 11.5 Å². The van der Waals surface area contributed by atoms with Crippen molar-refractivity contribution in [3.05, 3.63) is 88.7 Å². The highest BCUT2D eigenvalue weighted by molar-refractivity contribution is 6.12. The summed E-state index contributed by atoms with van der Waals surface area (Å²) in [5, 5.41) is 0. The number of ether oxygens (including phenoxy) is 2. The summed E-state index contributed by atoms with van der Waals surface area (Å²) in [6.45, 7) is 1.96. The fraction of sp³-hybridized carbons (Fsp3) is 0.208. The Morgan fingerprint density at radius 1 is 0.806 bits per heavy atom. The Hall–Kier alpha value is -2.99. The van der Waals surface area contributed by atoms with Crippen molar-refractivity contribution in [3.63, 3.8) is 0 Å². The first-order valence-corrected chi connectivity index (χ1v) is 9.56. The molecule has 1 atom stereocenters. The van der Waals surface area contributed by atoms with E-state index in [9.17, 15) is 13.2 Å². The second-order valence-corrected chi connectivity index (χ2v) is 7.21. The summed E-state index contributed by atoms with van der Waals surface area (Å²) in [7, 11) is 3.09. The van der Waals surface area contributed by atoms with E-state index in [-0.39, 0.29) is 18.4 Å². The van der Waals surface area contributed by atoms with Gasteiger partial charge in [-0.05, 0) is 42.8 Å². The molecule has 0 fully saturated rings. The summed E-state index contributed by atoms with van der Waals surface area (Å²) in [5.74, 6) is -1.20. The quantitative estimate of drug-likeness (QED) is 0.572. The van der Waals surface area contributed by atoms with Crippen LogP contribution in [0.3, 0.4) is 0 Å². The Morgan fingerprint density at radius 2 is 1.48 bits per heavy atom. The van der Waals surface area contributed by atoms with Crippen molar-refractivity contribution in [2.45, 2.75) is 19.4 Å². The molecular weight excluding hydrogens is 427 g/mol. The second-order valence-electron chi connectivity index (χ2n) is 7.21. The summed E-state index contributed by atoms with van der Waals surface area (Å²) in [6, 6.07) is 13.7. The minimum atomic E-state index is -0.953. The molecule has 3 aromatic carbocycles. The fourth-order valence-electron chi connectivity index (χ4n) is 4.02. The van der Waals surface area contributed by atoms with Crippen molar-refractivity contribution in [1.29, 1.82) is 0 Å². The van der Waals surface area contributed by atoms with E-state index in [0.29, 0.717) is 34.9 Å². The van der Waals surface area contributed by atoms with Crippen LogP contribution < -0.4 is 21.9 Å². The molecule has 4 rings (SSSR count). The Balaban J connectivity index is 0.00000272. The summed E-state index contributed by atoms with van der Waals surface area (Å²) in [6.07, 6.45) is 0.604. The number of halogens is 4. The molecule has 0 radical (unpaired) electrons. The van der Waals surface area contributed by atoms with E-state index in [0.717, 1.165) is 23.3 Å². The lowest BCUT2D eigenvalue weighted by Gasteiger charge is -2.25. The van der Waals surface area contributed by atoms with Crippen molar-refractivity contribution < 1.29 is 39.6 Å². The maximum Gasteiger partial charge on any atom is 0.223 e. The largest absolute Gasteiger partial charge is 1.00 e. The number of hydrogen-bond donors (Lipinski definition) is 0. The zero-order valence-corrected chi connectivity index (χ0v) is 18.0. The molecule has 1 aliphatic heterocycles. The molecule has 0 saturated heterocycles. The molecule has 1 aliphatic rings. The SMILES string of the molecule is COc1cc2c(cc1OC)C(c1ccccc1F)=[N+](c1ccc(F)c(F)c1)C(C)C2.[Cl-]. The highest BCUT2D eigenvalue weighted by Gasteiger charge is 2.36. The van der Waals surface area contributed by atoms with Crippen molar-refractivity contribution in [1.82, 2.24) is 0 Å². The predicted molar refractivity (Wildman–Crippen MR) is 109 cm³/mol. The number of hydrogen-bond acceptors (Lipinski definition) is 2.